The average molecular weight is 314 g/mol. The van der Waals surface area contributed by atoms with Crippen LogP contribution < -0.4 is 4.74 Å². The molecule has 0 spiro atoms. The minimum absolute atomic E-state index is 0.0414. The molecule has 114 valence electrons. The Morgan fingerprint density at radius 2 is 1.95 bits per heavy atom. The predicted molar refractivity (Wildman–Crippen MR) is 91.3 cm³/mol. The summed E-state index contributed by atoms with van der Waals surface area (Å²) in [6, 6.07) is 6.06. The molecule has 0 N–H and O–H groups in total. The van der Waals surface area contributed by atoms with Gasteiger partial charge in [0.15, 0.2) is 0 Å². The zero-order chi connectivity index (χ0) is 14.9. The maximum Gasteiger partial charge on any atom is 0.146 e. The number of hydrogen-bond donors (Lipinski definition) is 0. The van der Waals surface area contributed by atoms with E-state index in [1.165, 1.54) is 31.5 Å². The average Bonchev–Trinajstić information content (AvgIpc) is 2.97. The number of hydrogen-bond acceptors (Lipinski definition) is 2. The van der Waals surface area contributed by atoms with Crippen molar-refractivity contribution in [2.45, 2.75) is 18.9 Å². The van der Waals surface area contributed by atoms with Gasteiger partial charge in [0.05, 0.1) is 5.02 Å². The van der Waals surface area contributed by atoms with Crippen LogP contribution in [0.3, 0.4) is 0 Å². The first-order chi connectivity index (χ1) is 10.8. The van der Waals surface area contributed by atoms with Crippen LogP contribution in [-0.4, -0.2) is 30.6 Å². The van der Waals surface area contributed by atoms with Crippen LogP contribution in [0, 0.1) is 5.92 Å². The minimum atomic E-state index is 0.0414. The molecule has 2 heterocycles. The molecule has 0 bridgehead atoms. The lowest BCUT2D eigenvalue weighted by atomic mass is 9.94. The Hall–Kier alpha value is -1.51. The highest BCUT2D eigenvalue weighted by Gasteiger charge is 2.27. The summed E-state index contributed by atoms with van der Waals surface area (Å²) in [4.78, 5) is 2.53. The van der Waals surface area contributed by atoms with Crippen LogP contribution in [0.15, 0.2) is 48.6 Å². The molecule has 1 aromatic carbocycles. The van der Waals surface area contributed by atoms with Crippen molar-refractivity contribution in [3.63, 3.8) is 0 Å². The van der Waals surface area contributed by atoms with E-state index >= 15 is 0 Å². The van der Waals surface area contributed by atoms with Crippen LogP contribution in [-0.2, 0) is 0 Å². The molecule has 1 aromatic rings. The van der Waals surface area contributed by atoms with Gasteiger partial charge in [-0.05, 0) is 43.6 Å². The van der Waals surface area contributed by atoms with Crippen molar-refractivity contribution < 1.29 is 4.74 Å². The molecule has 0 aromatic heterocycles. The normalized spacial score (nSPS) is 26.9. The van der Waals surface area contributed by atoms with Gasteiger partial charge in [-0.3, -0.25) is 4.90 Å². The van der Waals surface area contributed by atoms with Gasteiger partial charge in [-0.2, -0.15) is 0 Å². The van der Waals surface area contributed by atoms with Crippen molar-refractivity contribution in [1.29, 1.82) is 0 Å². The first kappa shape index (κ1) is 14.1. The van der Waals surface area contributed by atoms with Gasteiger partial charge < -0.3 is 4.74 Å². The minimum Gasteiger partial charge on any atom is -0.483 e. The number of benzene rings is 1. The Kier molecular flexibility index (Phi) is 3.81. The highest BCUT2D eigenvalue weighted by molar-refractivity contribution is 6.32. The topological polar surface area (TPSA) is 12.5 Å². The van der Waals surface area contributed by atoms with Gasteiger partial charge in [0.25, 0.3) is 0 Å². The molecule has 0 amide bonds. The third-order valence-corrected chi connectivity index (χ3v) is 4.98. The fraction of sp³-hybridized carbons (Fsp3) is 0.368. The van der Waals surface area contributed by atoms with Crippen LogP contribution in [0.5, 0.6) is 5.75 Å². The van der Waals surface area contributed by atoms with Crippen LogP contribution in [0.2, 0.25) is 5.02 Å². The number of para-hydroxylation sites is 1. The molecular weight excluding hydrogens is 294 g/mol. The summed E-state index contributed by atoms with van der Waals surface area (Å²) in [5.41, 5.74) is 2.49. The molecule has 1 aliphatic carbocycles. The fourth-order valence-electron chi connectivity index (χ4n) is 3.53. The van der Waals surface area contributed by atoms with E-state index in [9.17, 15) is 0 Å². The van der Waals surface area contributed by atoms with Crippen LogP contribution in [0.4, 0.5) is 0 Å². The van der Waals surface area contributed by atoms with Crippen molar-refractivity contribution in [3.8, 4) is 5.75 Å². The zero-order valence-corrected chi connectivity index (χ0v) is 13.3. The number of ether oxygens (including phenoxy) is 1. The second-order valence-electron chi connectivity index (χ2n) is 6.22. The van der Waals surface area contributed by atoms with E-state index < -0.39 is 0 Å². The third-order valence-electron chi connectivity index (χ3n) is 4.68. The van der Waals surface area contributed by atoms with E-state index in [1.807, 2.05) is 12.1 Å². The first-order valence-corrected chi connectivity index (χ1v) is 8.43. The monoisotopic (exact) mass is 313 g/mol. The molecule has 2 atom stereocenters. The largest absolute Gasteiger partial charge is 0.483 e. The molecule has 0 radical (unpaired) electrons. The van der Waals surface area contributed by atoms with E-state index in [1.54, 1.807) is 0 Å². The molecule has 1 fully saturated rings. The summed E-state index contributed by atoms with van der Waals surface area (Å²) < 4.78 is 6.25. The summed E-state index contributed by atoms with van der Waals surface area (Å²) in [7, 11) is 0. The van der Waals surface area contributed by atoms with Gasteiger partial charge in [-0.15, -0.1) is 0 Å². The van der Waals surface area contributed by atoms with Crippen molar-refractivity contribution in [2.24, 2.45) is 5.92 Å². The number of likely N-dealkylation sites (tertiary alicyclic amines) is 1. The smallest absolute Gasteiger partial charge is 0.146 e. The van der Waals surface area contributed by atoms with Crippen LogP contribution >= 0.6 is 11.6 Å². The third kappa shape index (κ3) is 2.62. The standard InChI is InChI=1S/C19H20ClNO/c20-17-8-5-7-16-15(13-21-10-3-4-11-21)12-14-6-1-2-9-18(14)22-19(16)17/h1-2,5-9,12,14,18H,3-4,10-11,13H2. The molecule has 22 heavy (non-hydrogen) atoms. The molecule has 4 rings (SSSR count). The lowest BCUT2D eigenvalue weighted by Gasteiger charge is -2.21. The quantitative estimate of drug-likeness (QED) is 0.806. The van der Waals surface area contributed by atoms with E-state index in [4.69, 9.17) is 16.3 Å². The Balaban J connectivity index is 1.75. The molecular formula is C19H20ClNO. The van der Waals surface area contributed by atoms with Gasteiger partial charge in [0.1, 0.15) is 11.9 Å². The molecule has 2 aliphatic heterocycles. The molecule has 1 saturated heterocycles. The van der Waals surface area contributed by atoms with Crippen LogP contribution in [0.1, 0.15) is 18.4 Å². The highest BCUT2D eigenvalue weighted by Crippen LogP contribution is 2.39. The summed E-state index contributed by atoms with van der Waals surface area (Å²) in [6.07, 6.45) is 13.5. The van der Waals surface area contributed by atoms with Gasteiger partial charge in [0.2, 0.25) is 0 Å². The van der Waals surface area contributed by atoms with Crippen molar-refractivity contribution in [2.75, 3.05) is 19.6 Å². The van der Waals surface area contributed by atoms with Crippen molar-refractivity contribution in [3.05, 3.63) is 59.2 Å². The summed E-state index contributed by atoms with van der Waals surface area (Å²) in [5.74, 6) is 1.12. The Labute approximate surface area is 136 Å². The van der Waals surface area contributed by atoms with E-state index in [0.29, 0.717) is 5.02 Å². The SMILES string of the molecule is Clc1cccc2c1OC1C=CC=CC1C=C2CN1CCCC1. The first-order valence-electron chi connectivity index (χ1n) is 8.05. The van der Waals surface area contributed by atoms with Gasteiger partial charge >= 0.3 is 0 Å². The highest BCUT2D eigenvalue weighted by atomic mass is 35.5. The summed E-state index contributed by atoms with van der Waals surface area (Å²) >= 11 is 6.42. The van der Waals surface area contributed by atoms with E-state index in [0.717, 1.165) is 17.9 Å². The van der Waals surface area contributed by atoms with Crippen molar-refractivity contribution in [1.82, 2.24) is 4.90 Å². The van der Waals surface area contributed by atoms with Gasteiger partial charge in [-0.1, -0.05) is 48.0 Å². The van der Waals surface area contributed by atoms with E-state index in [2.05, 4.69) is 41.3 Å². The number of nitrogens with zero attached hydrogens (tertiary/aromatic N) is 1. The van der Waals surface area contributed by atoms with Gasteiger partial charge in [-0.25, -0.2) is 0 Å². The maximum absolute atomic E-state index is 6.42. The second kappa shape index (κ2) is 5.94. The molecule has 0 saturated carbocycles. The van der Waals surface area contributed by atoms with E-state index in [-0.39, 0.29) is 12.0 Å². The zero-order valence-electron chi connectivity index (χ0n) is 12.5. The fourth-order valence-corrected chi connectivity index (χ4v) is 3.75. The Morgan fingerprint density at radius 1 is 1.14 bits per heavy atom. The van der Waals surface area contributed by atoms with Gasteiger partial charge in [0, 0.05) is 18.0 Å². The second-order valence-corrected chi connectivity index (χ2v) is 6.63. The lowest BCUT2D eigenvalue weighted by molar-refractivity contribution is 0.224. The number of fused-ring (bicyclic) bond motifs is 2. The lowest BCUT2D eigenvalue weighted by Crippen LogP contribution is -2.23. The molecule has 2 unspecified atom stereocenters. The summed E-state index contributed by atoms with van der Waals surface area (Å²) in [5, 5.41) is 0.702. The molecule has 2 nitrogen and oxygen atoms in total. The number of rotatable bonds is 2. The van der Waals surface area contributed by atoms with Crippen LogP contribution in [0.25, 0.3) is 5.57 Å². The molecule has 3 heteroatoms. The Morgan fingerprint density at radius 3 is 2.82 bits per heavy atom. The number of allylic oxidation sites excluding steroid dienone is 2. The maximum atomic E-state index is 6.42. The summed E-state index contributed by atoms with van der Waals surface area (Å²) in [6.45, 7) is 3.37. The Bertz CT molecular complexity index is 655. The molecule has 3 aliphatic rings. The number of halogens is 1. The van der Waals surface area contributed by atoms with Crippen molar-refractivity contribution >= 4 is 17.2 Å². The predicted octanol–water partition coefficient (Wildman–Crippen LogP) is 4.32.